The summed E-state index contributed by atoms with van der Waals surface area (Å²) in [5.74, 6) is -2.39. The van der Waals surface area contributed by atoms with Crippen LogP contribution in [0.5, 0.6) is 0 Å². The van der Waals surface area contributed by atoms with E-state index in [2.05, 4.69) is 53.7 Å². The Kier molecular flexibility index (Phi) is 15.6. The van der Waals surface area contributed by atoms with Gasteiger partial charge in [-0.05, 0) is 24.7 Å². The van der Waals surface area contributed by atoms with Crippen LogP contribution in [0.2, 0.25) is 0 Å². The van der Waals surface area contributed by atoms with Gasteiger partial charge in [0.25, 0.3) is 5.91 Å². The number of hydrogen-bond donors (Lipinski definition) is 9. The first-order valence-electron chi connectivity index (χ1n) is 15.6. The van der Waals surface area contributed by atoms with Gasteiger partial charge in [0.05, 0.1) is 59.9 Å². The highest BCUT2D eigenvalue weighted by Crippen LogP contribution is 2.25. The molecule has 10 N–H and O–H groups in total. The SMILES string of the molecule is C[C@H](C(=O)N[C@H](C(=O)NCCc1nc(-c2nc(C(=O)NCCC[S+](C)C)cs2)cs1)[C@@H](C)O)[C@H](O)[C@@H](C)NC(=O)[C@@H](N)[C@@H](O)c1cnc[nH]1. The van der Waals surface area contributed by atoms with Crippen molar-refractivity contribution in [2.75, 3.05) is 31.4 Å². The van der Waals surface area contributed by atoms with E-state index in [0.717, 1.165) is 12.2 Å². The number of rotatable bonds is 19. The number of carbonyl (C=O) groups excluding carboxylic acids is 4. The Morgan fingerprint density at radius 2 is 1.69 bits per heavy atom. The van der Waals surface area contributed by atoms with Crippen LogP contribution in [0.25, 0.3) is 10.7 Å². The minimum Gasteiger partial charge on any atom is -0.391 e. The molecule has 7 atom stereocenters. The number of nitrogens with two attached hydrogens (primary N) is 1. The Bertz CT molecular complexity index is 1520. The molecule has 3 heterocycles. The molecular weight excluding hydrogens is 695 g/mol. The molecule has 19 heteroatoms. The van der Waals surface area contributed by atoms with Crippen molar-refractivity contribution in [3.05, 3.63) is 39.7 Å². The van der Waals surface area contributed by atoms with Crippen molar-refractivity contribution >= 4 is 57.2 Å². The number of carbonyl (C=O) groups is 4. The molecule has 3 aromatic rings. The first-order valence-corrected chi connectivity index (χ1v) is 19.6. The maximum atomic E-state index is 13.0. The topological polar surface area (TPSA) is 258 Å². The number of H-pyrrole nitrogens is 1. The molecule has 0 aliphatic heterocycles. The van der Waals surface area contributed by atoms with Crippen LogP contribution >= 0.6 is 22.7 Å². The maximum absolute atomic E-state index is 13.0. The predicted octanol–water partition coefficient (Wildman–Crippen LogP) is -0.926. The van der Waals surface area contributed by atoms with Crippen LogP contribution in [0.4, 0.5) is 0 Å². The summed E-state index contributed by atoms with van der Waals surface area (Å²) in [7, 11) is 0.330. The molecule has 0 aromatic carbocycles. The van der Waals surface area contributed by atoms with Gasteiger partial charge < -0.3 is 47.3 Å². The zero-order chi connectivity index (χ0) is 36.2. The van der Waals surface area contributed by atoms with E-state index in [0.29, 0.717) is 45.3 Å². The summed E-state index contributed by atoms with van der Waals surface area (Å²) in [6.45, 7) is 4.98. The zero-order valence-corrected chi connectivity index (χ0v) is 30.5. The van der Waals surface area contributed by atoms with E-state index >= 15 is 0 Å². The van der Waals surface area contributed by atoms with E-state index in [4.69, 9.17) is 5.73 Å². The van der Waals surface area contributed by atoms with Crippen molar-refractivity contribution in [1.82, 2.24) is 41.2 Å². The Labute approximate surface area is 295 Å². The van der Waals surface area contributed by atoms with Gasteiger partial charge >= 0.3 is 0 Å². The summed E-state index contributed by atoms with van der Waals surface area (Å²) in [4.78, 5) is 66.3. The Hall–Kier alpha value is -3.46. The number of aliphatic hydroxyl groups excluding tert-OH is 3. The molecule has 0 saturated heterocycles. The lowest BCUT2D eigenvalue weighted by Crippen LogP contribution is -2.57. The standard InChI is InChI=1S/C30H45N9O7S3/c1-15(24(41)16(2)36-28(45)22(31)25(42)18-11-32-14-35-18)26(43)39-23(17(3)40)29(46)34-9-7-21-37-20(13-47-21)30-38-19(12-48-30)27(44)33-8-6-10-49(4)5/h11-17,22-25,40-42H,6-10,31H2,1-5H3,(H4-,32,33,34,35,36,39,43,44,45,46)/p+1/t15-,16+,17+,22-,23-,24-,25-/m0/s1. The summed E-state index contributed by atoms with van der Waals surface area (Å²) >= 11 is 2.70. The van der Waals surface area contributed by atoms with Gasteiger partial charge in [0.15, 0.2) is 0 Å². The number of aromatic nitrogens is 4. The fraction of sp³-hybridized carbons (Fsp3) is 0.567. The van der Waals surface area contributed by atoms with E-state index in [-0.39, 0.29) is 18.1 Å². The van der Waals surface area contributed by atoms with Gasteiger partial charge in [0, 0.05) is 36.7 Å². The number of aromatic amines is 1. The Balaban J connectivity index is 1.46. The second-order valence-corrected chi connectivity index (χ2v) is 16.0. The quantitative estimate of drug-likeness (QED) is 0.0536. The smallest absolute Gasteiger partial charge is 0.270 e. The summed E-state index contributed by atoms with van der Waals surface area (Å²) in [6, 6.07) is -3.65. The first kappa shape index (κ1) is 40.0. The highest BCUT2D eigenvalue weighted by Gasteiger charge is 2.34. The van der Waals surface area contributed by atoms with Crippen LogP contribution in [0.1, 0.15) is 54.5 Å². The fourth-order valence-electron chi connectivity index (χ4n) is 4.52. The number of amides is 4. The molecule has 0 saturated carbocycles. The van der Waals surface area contributed by atoms with E-state index < -0.39 is 60.1 Å². The fourth-order valence-corrected chi connectivity index (χ4v) is 6.86. The van der Waals surface area contributed by atoms with Crippen LogP contribution in [0.15, 0.2) is 23.3 Å². The van der Waals surface area contributed by atoms with Gasteiger partial charge in [-0.3, -0.25) is 19.2 Å². The van der Waals surface area contributed by atoms with E-state index in [9.17, 15) is 34.5 Å². The molecular formula is C30H46N9O7S3+. The predicted molar refractivity (Wildman–Crippen MR) is 189 cm³/mol. The number of hydrogen-bond acceptors (Lipinski definition) is 13. The second-order valence-electron chi connectivity index (χ2n) is 11.8. The van der Waals surface area contributed by atoms with Gasteiger partial charge in [-0.1, -0.05) is 6.92 Å². The molecule has 3 rings (SSSR count). The largest absolute Gasteiger partial charge is 0.391 e. The van der Waals surface area contributed by atoms with E-state index in [1.54, 1.807) is 5.38 Å². The van der Waals surface area contributed by atoms with Gasteiger partial charge in [0.1, 0.15) is 40.3 Å². The minimum absolute atomic E-state index is 0.166. The van der Waals surface area contributed by atoms with Gasteiger partial charge in [-0.15, -0.1) is 22.7 Å². The van der Waals surface area contributed by atoms with Crippen molar-refractivity contribution in [3.8, 4) is 10.7 Å². The number of imidazole rings is 1. The molecule has 4 amide bonds. The molecule has 0 radical (unpaired) electrons. The van der Waals surface area contributed by atoms with Gasteiger partial charge in [-0.25, -0.2) is 15.0 Å². The molecule has 0 spiro atoms. The number of thiazole rings is 2. The molecule has 0 unspecified atom stereocenters. The van der Waals surface area contributed by atoms with Crippen molar-refractivity contribution in [1.29, 1.82) is 0 Å². The zero-order valence-electron chi connectivity index (χ0n) is 28.0. The third-order valence-corrected chi connectivity index (χ3v) is 10.4. The molecule has 0 aliphatic rings. The van der Waals surface area contributed by atoms with Crippen LogP contribution in [0, 0.1) is 5.92 Å². The third kappa shape index (κ3) is 11.8. The van der Waals surface area contributed by atoms with Crippen molar-refractivity contribution in [2.24, 2.45) is 11.7 Å². The van der Waals surface area contributed by atoms with Crippen LogP contribution < -0.4 is 27.0 Å². The highest BCUT2D eigenvalue weighted by atomic mass is 32.2. The van der Waals surface area contributed by atoms with Crippen LogP contribution in [0.3, 0.4) is 0 Å². The molecule has 270 valence electrons. The van der Waals surface area contributed by atoms with Gasteiger partial charge in [-0.2, -0.15) is 0 Å². The first-order chi connectivity index (χ1) is 23.2. The number of nitrogens with one attached hydrogen (secondary N) is 5. The summed E-state index contributed by atoms with van der Waals surface area (Å²) < 4.78 is 0. The molecule has 0 aliphatic carbocycles. The third-order valence-electron chi connectivity index (χ3n) is 7.51. The lowest BCUT2D eigenvalue weighted by atomic mass is 9.96. The number of nitrogens with zero attached hydrogens (tertiary/aromatic N) is 3. The summed E-state index contributed by atoms with van der Waals surface area (Å²) in [6.07, 6.45) is 4.24. The maximum Gasteiger partial charge on any atom is 0.270 e. The Morgan fingerprint density at radius 1 is 0.959 bits per heavy atom. The van der Waals surface area contributed by atoms with E-state index in [1.807, 2.05) is 5.38 Å². The molecule has 0 bridgehead atoms. The van der Waals surface area contributed by atoms with E-state index in [1.165, 1.54) is 56.0 Å². The Morgan fingerprint density at radius 3 is 2.35 bits per heavy atom. The lowest BCUT2D eigenvalue weighted by Gasteiger charge is -2.28. The monoisotopic (exact) mass is 740 g/mol. The average Bonchev–Trinajstić information content (AvgIpc) is 3.86. The normalized spacial score (nSPS) is 15.8. The highest BCUT2D eigenvalue weighted by molar-refractivity contribution is 7.95. The minimum atomic E-state index is -1.39. The summed E-state index contributed by atoms with van der Waals surface area (Å²) in [5.41, 5.74) is 7.05. The second kappa shape index (κ2) is 19.1. The molecule has 49 heavy (non-hydrogen) atoms. The number of aliphatic hydroxyl groups is 3. The summed E-state index contributed by atoms with van der Waals surface area (Å²) in [5, 5.41) is 46.7. The lowest BCUT2D eigenvalue weighted by molar-refractivity contribution is -0.136. The van der Waals surface area contributed by atoms with Crippen LogP contribution in [-0.4, -0.2) is 121 Å². The molecule has 16 nitrogen and oxygen atoms in total. The van der Waals surface area contributed by atoms with Crippen molar-refractivity contribution in [2.45, 2.75) is 70.1 Å². The molecule has 0 fully saturated rings. The van der Waals surface area contributed by atoms with Crippen molar-refractivity contribution < 1.29 is 34.5 Å². The van der Waals surface area contributed by atoms with Gasteiger partial charge in [0.2, 0.25) is 17.7 Å². The molecule has 3 aromatic heterocycles. The van der Waals surface area contributed by atoms with Crippen molar-refractivity contribution in [3.63, 3.8) is 0 Å². The van der Waals surface area contributed by atoms with Crippen LogP contribution in [-0.2, 0) is 31.7 Å². The average molecular weight is 741 g/mol.